The summed E-state index contributed by atoms with van der Waals surface area (Å²) in [7, 11) is -3.45. The molecule has 0 aromatic heterocycles. The van der Waals surface area contributed by atoms with Crippen molar-refractivity contribution >= 4 is 40.0 Å². The number of esters is 1. The van der Waals surface area contributed by atoms with Gasteiger partial charge in [0.1, 0.15) is 0 Å². The minimum atomic E-state index is -3.45. The molecular weight excluding hydrogens is 398 g/mol. The third-order valence-corrected chi connectivity index (χ3v) is 6.23. The molecule has 146 valence electrons. The monoisotopic (exact) mass is 417 g/mol. The lowest BCUT2D eigenvalue weighted by molar-refractivity contribution is -0.139. The lowest BCUT2D eigenvalue weighted by atomic mass is 9.94. The van der Waals surface area contributed by atoms with Crippen molar-refractivity contribution in [3.05, 3.63) is 76.7 Å². The SMILES string of the molecule is CCOC(=O)CSC1=CC(=NS(O)(O)c2ccccc2)c2ccccc2C1=O. The number of thioether (sulfide) groups is 1. The Balaban J connectivity index is 1.99. The third kappa shape index (κ3) is 4.53. The number of benzene rings is 2. The van der Waals surface area contributed by atoms with Crippen LogP contribution in [-0.2, 0) is 9.53 Å². The Morgan fingerprint density at radius 3 is 2.39 bits per heavy atom. The number of carbonyl (C=O) groups is 2. The molecule has 0 aliphatic heterocycles. The van der Waals surface area contributed by atoms with Crippen LogP contribution in [0.1, 0.15) is 22.8 Å². The number of rotatable bonds is 6. The van der Waals surface area contributed by atoms with E-state index in [9.17, 15) is 18.7 Å². The highest BCUT2D eigenvalue weighted by atomic mass is 32.3. The summed E-state index contributed by atoms with van der Waals surface area (Å²) in [6.45, 7) is 1.98. The maximum atomic E-state index is 12.8. The molecule has 0 unspecified atom stereocenters. The summed E-state index contributed by atoms with van der Waals surface area (Å²) in [6, 6.07) is 15.2. The molecule has 6 nitrogen and oxygen atoms in total. The van der Waals surface area contributed by atoms with Gasteiger partial charge in [-0.25, -0.2) is 0 Å². The summed E-state index contributed by atoms with van der Waals surface area (Å²) < 4.78 is 30.2. The van der Waals surface area contributed by atoms with E-state index in [1.807, 2.05) is 0 Å². The van der Waals surface area contributed by atoms with Crippen molar-refractivity contribution in [3.63, 3.8) is 0 Å². The number of ketones is 1. The Kier molecular flexibility index (Phi) is 6.35. The van der Waals surface area contributed by atoms with Gasteiger partial charge in [-0.05, 0) is 25.1 Å². The molecule has 28 heavy (non-hydrogen) atoms. The molecule has 8 heteroatoms. The molecular formula is C20H19NO5S2. The highest BCUT2D eigenvalue weighted by molar-refractivity contribution is 8.23. The number of ether oxygens (including phenoxy) is 1. The summed E-state index contributed by atoms with van der Waals surface area (Å²) in [6.07, 6.45) is 1.49. The molecule has 0 saturated heterocycles. The van der Waals surface area contributed by atoms with Crippen LogP contribution in [0.3, 0.4) is 0 Å². The molecule has 3 rings (SSSR count). The van der Waals surface area contributed by atoms with E-state index in [2.05, 4.69) is 4.40 Å². The van der Waals surface area contributed by atoms with Gasteiger partial charge >= 0.3 is 5.97 Å². The zero-order chi connectivity index (χ0) is 20.1. The fourth-order valence-corrected chi connectivity index (χ4v) is 4.47. The molecule has 2 aromatic carbocycles. The van der Waals surface area contributed by atoms with Crippen molar-refractivity contribution in [3.8, 4) is 0 Å². The zero-order valence-corrected chi connectivity index (χ0v) is 16.7. The van der Waals surface area contributed by atoms with Crippen molar-refractivity contribution in [2.24, 2.45) is 4.40 Å². The molecule has 0 bridgehead atoms. The predicted octanol–water partition coefficient (Wildman–Crippen LogP) is 4.58. The molecule has 0 amide bonds. The van der Waals surface area contributed by atoms with Crippen molar-refractivity contribution in [2.75, 3.05) is 12.4 Å². The van der Waals surface area contributed by atoms with Gasteiger partial charge in [-0.15, -0.1) is 11.8 Å². The molecule has 2 N–H and O–H groups in total. The highest BCUT2D eigenvalue weighted by Crippen LogP contribution is 2.50. The Morgan fingerprint density at radius 1 is 1.07 bits per heavy atom. The number of nitrogens with zero attached hydrogens (tertiary/aromatic N) is 1. The lowest BCUT2D eigenvalue weighted by Crippen LogP contribution is -2.18. The fraction of sp³-hybridized carbons (Fsp3) is 0.150. The normalized spacial score (nSPS) is 15.8. The van der Waals surface area contributed by atoms with Gasteiger partial charge in [-0.3, -0.25) is 18.7 Å². The summed E-state index contributed by atoms with van der Waals surface area (Å²) in [5.41, 5.74) is 1.20. The van der Waals surface area contributed by atoms with Crippen LogP contribution in [0.5, 0.6) is 0 Å². The molecule has 0 radical (unpaired) electrons. The highest BCUT2D eigenvalue weighted by Gasteiger charge is 2.27. The number of hydrogen-bond acceptors (Lipinski definition) is 7. The molecule has 0 spiro atoms. The Morgan fingerprint density at radius 2 is 1.71 bits per heavy atom. The second-order valence-electron chi connectivity index (χ2n) is 5.79. The van der Waals surface area contributed by atoms with Crippen LogP contribution in [0.4, 0.5) is 0 Å². The fourth-order valence-electron chi connectivity index (χ4n) is 2.62. The van der Waals surface area contributed by atoms with Crippen LogP contribution in [0.15, 0.2) is 74.9 Å². The lowest BCUT2D eigenvalue weighted by Gasteiger charge is -2.28. The summed E-state index contributed by atoms with van der Waals surface area (Å²) in [5.74, 6) is -0.678. The minimum Gasteiger partial charge on any atom is -0.465 e. The van der Waals surface area contributed by atoms with Crippen molar-refractivity contribution in [1.82, 2.24) is 0 Å². The van der Waals surface area contributed by atoms with Gasteiger partial charge in [0.15, 0.2) is 5.78 Å². The summed E-state index contributed by atoms with van der Waals surface area (Å²) in [4.78, 5) is 25.0. The minimum absolute atomic E-state index is 0.0181. The molecule has 0 heterocycles. The van der Waals surface area contributed by atoms with Crippen LogP contribution in [-0.4, -0.2) is 38.9 Å². The first kappa shape index (κ1) is 20.3. The van der Waals surface area contributed by atoms with Gasteiger partial charge < -0.3 is 4.74 Å². The number of fused-ring (bicyclic) bond motifs is 1. The van der Waals surface area contributed by atoms with Gasteiger partial charge in [0.05, 0.1) is 27.9 Å². The van der Waals surface area contributed by atoms with E-state index in [0.29, 0.717) is 16.0 Å². The second kappa shape index (κ2) is 8.74. The number of hydrogen-bond donors (Lipinski definition) is 2. The van der Waals surface area contributed by atoms with Gasteiger partial charge in [0.2, 0.25) is 0 Å². The first-order valence-corrected chi connectivity index (χ1v) is 11.0. The van der Waals surface area contributed by atoms with Gasteiger partial charge in [-0.2, -0.15) is 4.40 Å². The van der Waals surface area contributed by atoms with Crippen LogP contribution in [0.25, 0.3) is 0 Å². The quantitative estimate of drug-likeness (QED) is 0.668. The van der Waals surface area contributed by atoms with E-state index in [1.165, 1.54) is 6.08 Å². The molecule has 0 fully saturated rings. The number of Topliss-reactive ketones (excluding diaryl/α,β-unsaturated/α-hetero) is 1. The molecule has 1 aliphatic carbocycles. The van der Waals surface area contributed by atoms with Crippen LogP contribution in [0, 0.1) is 0 Å². The standard InChI is InChI=1S/C20H19NO5S2/c1-2-26-19(22)13-27-18-12-17(15-10-6-7-11-16(15)20(18)23)21-28(24,25)14-8-4-3-5-9-14/h3-12,24-25H,2,13H2,1H3. The maximum absolute atomic E-state index is 12.8. The average Bonchev–Trinajstić information content (AvgIpc) is 2.70. The van der Waals surface area contributed by atoms with Crippen molar-refractivity contribution in [1.29, 1.82) is 0 Å². The van der Waals surface area contributed by atoms with Crippen molar-refractivity contribution in [2.45, 2.75) is 11.8 Å². The van der Waals surface area contributed by atoms with Crippen molar-refractivity contribution < 1.29 is 23.4 Å². The molecule has 0 saturated carbocycles. The zero-order valence-electron chi connectivity index (χ0n) is 15.1. The molecule has 2 aromatic rings. The molecule has 1 aliphatic rings. The Hall–Kier alpha value is -2.39. The van der Waals surface area contributed by atoms with Gasteiger partial charge in [0.25, 0.3) is 0 Å². The van der Waals surface area contributed by atoms with Crippen LogP contribution >= 0.6 is 22.5 Å². The van der Waals surface area contributed by atoms with E-state index < -0.39 is 16.7 Å². The van der Waals surface area contributed by atoms with Crippen LogP contribution < -0.4 is 0 Å². The first-order valence-electron chi connectivity index (χ1n) is 8.50. The van der Waals surface area contributed by atoms with Gasteiger partial charge in [0, 0.05) is 11.1 Å². The summed E-state index contributed by atoms with van der Waals surface area (Å²) >= 11 is 1.04. The second-order valence-corrected chi connectivity index (χ2v) is 8.49. The average molecular weight is 418 g/mol. The van der Waals surface area contributed by atoms with E-state index in [1.54, 1.807) is 61.5 Å². The summed E-state index contributed by atoms with van der Waals surface area (Å²) in [5, 5.41) is 0. The molecule has 0 atom stereocenters. The van der Waals surface area contributed by atoms with E-state index in [4.69, 9.17) is 4.74 Å². The topological polar surface area (TPSA) is 96.2 Å². The van der Waals surface area contributed by atoms with Gasteiger partial charge in [-0.1, -0.05) is 53.2 Å². The Bertz CT molecular complexity index is 954. The third-order valence-electron chi connectivity index (χ3n) is 3.88. The predicted molar refractivity (Wildman–Crippen MR) is 112 cm³/mol. The number of carbonyl (C=O) groups excluding carboxylic acids is 2. The maximum Gasteiger partial charge on any atom is 0.316 e. The van der Waals surface area contributed by atoms with Crippen LogP contribution in [0.2, 0.25) is 0 Å². The van der Waals surface area contributed by atoms with E-state index >= 15 is 0 Å². The first-order chi connectivity index (χ1) is 13.4. The van der Waals surface area contributed by atoms with E-state index in [0.717, 1.165) is 11.8 Å². The smallest absolute Gasteiger partial charge is 0.316 e. The van der Waals surface area contributed by atoms with E-state index in [-0.39, 0.29) is 28.8 Å². The largest absolute Gasteiger partial charge is 0.465 e. The Labute approximate surface area is 168 Å². The number of allylic oxidation sites excluding steroid dienone is 2.